The molecule has 3 aromatic rings. The van der Waals surface area contributed by atoms with Gasteiger partial charge in [0.2, 0.25) is 5.91 Å². The maximum atomic E-state index is 13.3. The van der Waals surface area contributed by atoms with E-state index in [4.69, 9.17) is 10.5 Å². The van der Waals surface area contributed by atoms with Gasteiger partial charge >= 0.3 is 6.18 Å². The number of benzene rings is 2. The monoisotopic (exact) mass is 565 g/mol. The molecule has 0 spiro atoms. The van der Waals surface area contributed by atoms with Gasteiger partial charge in [0.1, 0.15) is 5.69 Å². The van der Waals surface area contributed by atoms with E-state index in [1.807, 2.05) is 13.0 Å². The number of carbonyl (C=O) groups excluding carboxylic acids is 2. The molecular weight excluding hydrogens is 535 g/mol. The number of nitrogens with one attached hydrogen (secondary N) is 1. The molecule has 1 saturated heterocycles. The quantitative estimate of drug-likeness (QED) is 0.440. The summed E-state index contributed by atoms with van der Waals surface area (Å²) < 4.78 is 44.9. The molecule has 1 atom stereocenters. The predicted octanol–water partition coefficient (Wildman–Crippen LogP) is 4.37. The lowest BCUT2D eigenvalue weighted by Crippen LogP contribution is -2.46. The normalized spacial score (nSPS) is 16.5. The second kappa shape index (κ2) is 11.8. The van der Waals surface area contributed by atoms with Crippen LogP contribution in [0.15, 0.2) is 60.9 Å². The molecule has 8 nitrogen and oxygen atoms in total. The first-order valence-electron chi connectivity index (χ1n) is 13.3. The van der Waals surface area contributed by atoms with Crippen LogP contribution in [-0.4, -0.2) is 53.0 Å². The van der Waals surface area contributed by atoms with E-state index < -0.39 is 23.7 Å². The Bertz CT molecular complexity index is 1470. The smallest absolute Gasteiger partial charge is 0.380 e. The fraction of sp³-hybridized carbons (Fsp3) is 0.333. The number of aromatic nitrogens is 2. The van der Waals surface area contributed by atoms with Crippen LogP contribution in [0.1, 0.15) is 52.3 Å². The Hall–Kier alpha value is -4.09. The molecule has 41 heavy (non-hydrogen) atoms. The van der Waals surface area contributed by atoms with Gasteiger partial charge in [0, 0.05) is 19.6 Å². The molecule has 0 bridgehead atoms. The second-order valence-corrected chi connectivity index (χ2v) is 10.2. The van der Waals surface area contributed by atoms with Crippen molar-refractivity contribution in [2.45, 2.75) is 32.1 Å². The van der Waals surface area contributed by atoms with Crippen LogP contribution < -0.4 is 11.1 Å². The number of ether oxygens (including phenoxy) is 1. The average molecular weight is 566 g/mol. The molecule has 2 amide bonds. The Morgan fingerprint density at radius 3 is 2.51 bits per heavy atom. The molecule has 3 N–H and O–H groups in total. The van der Waals surface area contributed by atoms with Crippen LogP contribution >= 0.6 is 0 Å². The minimum atomic E-state index is -4.46. The third kappa shape index (κ3) is 6.31. The number of amides is 2. The number of carbonyl (C=O) groups is 2. The van der Waals surface area contributed by atoms with Gasteiger partial charge in [-0.05, 0) is 53.3 Å². The van der Waals surface area contributed by atoms with Crippen molar-refractivity contribution in [2.75, 3.05) is 26.3 Å². The lowest BCUT2D eigenvalue weighted by Gasteiger charge is -2.33. The SMILES string of the molecule is C[C@@H](NC(=O)c1cncc(C2=CCN(C(=O)C3COC3)CC2)n1)c1ccc(-c2cc(C(F)(F)F)ccc2CN)cc1. The summed E-state index contributed by atoms with van der Waals surface area (Å²) in [6.45, 7) is 3.90. The van der Waals surface area contributed by atoms with Crippen LogP contribution in [0.4, 0.5) is 13.2 Å². The Morgan fingerprint density at radius 1 is 1.15 bits per heavy atom. The maximum absolute atomic E-state index is 13.3. The topological polar surface area (TPSA) is 110 Å². The third-order valence-electron chi connectivity index (χ3n) is 7.43. The molecule has 2 aromatic carbocycles. The lowest BCUT2D eigenvalue weighted by atomic mass is 9.95. The van der Waals surface area contributed by atoms with E-state index in [9.17, 15) is 22.8 Å². The zero-order valence-electron chi connectivity index (χ0n) is 22.4. The van der Waals surface area contributed by atoms with Gasteiger partial charge < -0.3 is 20.7 Å². The highest BCUT2D eigenvalue weighted by molar-refractivity contribution is 5.92. The maximum Gasteiger partial charge on any atom is 0.416 e. The fourth-order valence-corrected chi connectivity index (χ4v) is 4.87. The van der Waals surface area contributed by atoms with Gasteiger partial charge in [-0.2, -0.15) is 13.2 Å². The Morgan fingerprint density at radius 2 is 1.90 bits per heavy atom. The third-order valence-corrected chi connectivity index (χ3v) is 7.43. The highest BCUT2D eigenvalue weighted by atomic mass is 19.4. The van der Waals surface area contributed by atoms with Crippen molar-refractivity contribution >= 4 is 17.4 Å². The summed E-state index contributed by atoms with van der Waals surface area (Å²) in [6, 6.07) is 10.1. The van der Waals surface area contributed by atoms with E-state index in [1.54, 1.807) is 35.4 Å². The Balaban J connectivity index is 1.25. The van der Waals surface area contributed by atoms with Crippen LogP contribution in [0.5, 0.6) is 0 Å². The molecule has 0 aliphatic carbocycles. The summed E-state index contributed by atoms with van der Waals surface area (Å²) in [5, 5.41) is 2.91. The predicted molar refractivity (Wildman–Crippen MR) is 146 cm³/mol. The second-order valence-electron chi connectivity index (χ2n) is 10.2. The van der Waals surface area contributed by atoms with Crippen molar-refractivity contribution in [1.29, 1.82) is 0 Å². The summed E-state index contributed by atoms with van der Waals surface area (Å²) in [4.78, 5) is 36.0. The summed E-state index contributed by atoms with van der Waals surface area (Å²) >= 11 is 0. The van der Waals surface area contributed by atoms with Gasteiger partial charge in [0.25, 0.3) is 5.91 Å². The number of hydrogen-bond donors (Lipinski definition) is 2. The number of rotatable bonds is 7. The molecular formula is C30H30F3N5O3. The number of hydrogen-bond acceptors (Lipinski definition) is 6. The van der Waals surface area contributed by atoms with Crippen molar-refractivity contribution in [2.24, 2.45) is 11.7 Å². The first-order valence-corrected chi connectivity index (χ1v) is 13.3. The number of alkyl halides is 3. The largest absolute Gasteiger partial charge is 0.416 e. The Labute approximate surface area is 235 Å². The molecule has 2 aliphatic rings. The van der Waals surface area contributed by atoms with Gasteiger partial charge in [-0.25, -0.2) is 4.98 Å². The minimum absolute atomic E-state index is 0.0565. The first-order chi connectivity index (χ1) is 19.6. The van der Waals surface area contributed by atoms with Crippen molar-refractivity contribution in [1.82, 2.24) is 20.2 Å². The molecule has 0 radical (unpaired) electrons. The minimum Gasteiger partial charge on any atom is -0.380 e. The van der Waals surface area contributed by atoms with Gasteiger partial charge in [0.05, 0.1) is 48.8 Å². The number of halogens is 3. The highest BCUT2D eigenvalue weighted by Gasteiger charge is 2.32. The average Bonchev–Trinajstić information content (AvgIpc) is 2.95. The fourth-order valence-electron chi connectivity index (χ4n) is 4.87. The number of nitrogens with two attached hydrogens (primary N) is 1. The summed E-state index contributed by atoms with van der Waals surface area (Å²) in [5.74, 6) is -0.362. The Kier molecular flexibility index (Phi) is 8.18. The van der Waals surface area contributed by atoms with Crippen LogP contribution in [0.2, 0.25) is 0 Å². The standard InChI is InChI=1S/C30H30F3N5O3/c1-18(19-2-4-20(5-3-19)25-12-24(30(31,32)33)7-6-22(25)13-34)36-28(39)27-15-35-14-26(37-27)21-8-10-38(11-9-21)29(40)23-16-41-17-23/h2-8,12,14-15,18,23H,9-11,13,16-17,34H2,1H3,(H,36,39)/t18-/m1/s1. The van der Waals surface area contributed by atoms with E-state index in [-0.39, 0.29) is 24.1 Å². The van der Waals surface area contributed by atoms with Gasteiger partial charge in [-0.3, -0.25) is 14.6 Å². The van der Waals surface area contributed by atoms with Crippen LogP contribution in [-0.2, 0) is 22.3 Å². The number of nitrogens with zero attached hydrogens (tertiary/aromatic N) is 3. The van der Waals surface area contributed by atoms with Crippen molar-refractivity contribution in [3.8, 4) is 11.1 Å². The van der Waals surface area contributed by atoms with Gasteiger partial charge in [-0.1, -0.05) is 36.4 Å². The molecule has 1 fully saturated rings. The van der Waals surface area contributed by atoms with Gasteiger partial charge in [0.15, 0.2) is 0 Å². The van der Waals surface area contributed by atoms with Crippen molar-refractivity contribution in [3.05, 3.63) is 89.0 Å². The summed E-state index contributed by atoms with van der Waals surface area (Å²) in [5.41, 5.74) is 9.09. The molecule has 0 saturated carbocycles. The van der Waals surface area contributed by atoms with E-state index in [2.05, 4.69) is 15.3 Å². The van der Waals surface area contributed by atoms with E-state index in [0.29, 0.717) is 55.1 Å². The van der Waals surface area contributed by atoms with E-state index in [1.165, 1.54) is 12.3 Å². The van der Waals surface area contributed by atoms with Crippen molar-refractivity contribution in [3.63, 3.8) is 0 Å². The molecule has 3 heterocycles. The van der Waals surface area contributed by atoms with Crippen LogP contribution in [0.3, 0.4) is 0 Å². The molecule has 5 rings (SSSR count). The van der Waals surface area contributed by atoms with E-state index in [0.717, 1.165) is 23.3 Å². The molecule has 1 aromatic heterocycles. The molecule has 2 aliphatic heterocycles. The molecule has 214 valence electrons. The highest BCUT2D eigenvalue weighted by Crippen LogP contribution is 2.34. The van der Waals surface area contributed by atoms with Gasteiger partial charge in [-0.15, -0.1) is 0 Å². The zero-order chi connectivity index (χ0) is 29.1. The first kappa shape index (κ1) is 28.4. The van der Waals surface area contributed by atoms with Crippen molar-refractivity contribution < 1.29 is 27.5 Å². The molecule has 0 unspecified atom stereocenters. The summed E-state index contributed by atoms with van der Waals surface area (Å²) in [6.07, 6.45) is 1.09. The lowest BCUT2D eigenvalue weighted by molar-refractivity contribution is -0.149. The van der Waals surface area contributed by atoms with Crippen LogP contribution in [0.25, 0.3) is 16.7 Å². The zero-order valence-corrected chi connectivity index (χ0v) is 22.4. The summed E-state index contributed by atoms with van der Waals surface area (Å²) in [7, 11) is 0. The van der Waals surface area contributed by atoms with E-state index >= 15 is 0 Å². The molecule has 11 heteroatoms. The van der Waals surface area contributed by atoms with Crippen LogP contribution in [0, 0.1) is 5.92 Å².